The molecular formula is C13H18N2O4. The summed E-state index contributed by atoms with van der Waals surface area (Å²) in [5, 5.41) is 6.02. The van der Waals surface area contributed by atoms with Gasteiger partial charge in [-0.05, 0) is 25.1 Å². The van der Waals surface area contributed by atoms with Crippen LogP contribution in [0.25, 0.3) is 0 Å². The van der Waals surface area contributed by atoms with E-state index in [2.05, 4.69) is 10.6 Å². The van der Waals surface area contributed by atoms with Gasteiger partial charge in [-0.3, -0.25) is 4.79 Å². The molecule has 0 radical (unpaired) electrons. The molecule has 1 aromatic carbocycles. The molecule has 0 saturated heterocycles. The number of benzene rings is 1. The molecular weight excluding hydrogens is 248 g/mol. The van der Waals surface area contributed by atoms with Gasteiger partial charge in [0, 0.05) is 19.9 Å². The number of fused-ring (bicyclic) bond motifs is 1. The van der Waals surface area contributed by atoms with Gasteiger partial charge in [0.05, 0.1) is 11.7 Å². The predicted molar refractivity (Wildman–Crippen MR) is 71.5 cm³/mol. The predicted octanol–water partition coefficient (Wildman–Crippen LogP) is 1.44. The molecule has 1 aromatic rings. The molecule has 1 unspecified atom stereocenters. The number of methoxy groups -OCH3 is 2. The van der Waals surface area contributed by atoms with Crippen molar-refractivity contribution in [2.24, 2.45) is 0 Å². The van der Waals surface area contributed by atoms with E-state index in [-0.39, 0.29) is 24.8 Å². The van der Waals surface area contributed by atoms with E-state index in [4.69, 9.17) is 14.2 Å². The Labute approximate surface area is 112 Å². The van der Waals surface area contributed by atoms with Crippen LogP contribution in [0.5, 0.6) is 5.75 Å². The van der Waals surface area contributed by atoms with Crippen LogP contribution < -0.4 is 15.4 Å². The van der Waals surface area contributed by atoms with Gasteiger partial charge in [-0.25, -0.2) is 0 Å². The van der Waals surface area contributed by atoms with Crippen molar-refractivity contribution >= 4 is 17.3 Å². The second-order valence-electron chi connectivity index (χ2n) is 4.32. The molecule has 1 heterocycles. The molecule has 1 aliphatic rings. The van der Waals surface area contributed by atoms with E-state index in [1.165, 1.54) is 0 Å². The van der Waals surface area contributed by atoms with Crippen molar-refractivity contribution in [2.75, 3.05) is 31.5 Å². The standard InChI is InChI=1S/C13H18N2O4/c1-8(13(17-2)18-3)14-9-4-5-11-10(6-9)15-12(16)7-19-11/h4-6,8,13-14H,7H2,1-3H3,(H,15,16). The molecule has 1 amide bonds. The number of hydrogen-bond acceptors (Lipinski definition) is 5. The fourth-order valence-corrected chi connectivity index (χ4v) is 2.01. The number of carbonyl (C=O) groups excluding carboxylic acids is 1. The second kappa shape index (κ2) is 5.90. The Hall–Kier alpha value is -1.79. The Morgan fingerprint density at radius 2 is 2.11 bits per heavy atom. The van der Waals surface area contributed by atoms with Crippen LogP contribution in [0.15, 0.2) is 18.2 Å². The molecule has 1 aliphatic heterocycles. The second-order valence-corrected chi connectivity index (χ2v) is 4.32. The average molecular weight is 266 g/mol. The molecule has 0 fully saturated rings. The van der Waals surface area contributed by atoms with Crippen LogP contribution in [0.3, 0.4) is 0 Å². The summed E-state index contributed by atoms with van der Waals surface area (Å²) in [5.41, 5.74) is 1.52. The van der Waals surface area contributed by atoms with Gasteiger partial charge >= 0.3 is 0 Å². The highest BCUT2D eigenvalue weighted by Crippen LogP contribution is 2.30. The summed E-state index contributed by atoms with van der Waals surface area (Å²) in [6.07, 6.45) is -0.345. The van der Waals surface area contributed by atoms with Gasteiger partial charge in [-0.1, -0.05) is 0 Å². The average Bonchev–Trinajstić information content (AvgIpc) is 2.39. The summed E-state index contributed by atoms with van der Waals surface area (Å²) in [4.78, 5) is 11.3. The van der Waals surface area contributed by atoms with Gasteiger partial charge in [0.25, 0.3) is 5.91 Å². The minimum Gasteiger partial charge on any atom is -0.482 e. The Balaban J connectivity index is 2.09. The molecule has 6 heteroatoms. The fourth-order valence-electron chi connectivity index (χ4n) is 2.01. The number of hydrogen-bond donors (Lipinski definition) is 2. The van der Waals surface area contributed by atoms with Gasteiger partial charge in [0.15, 0.2) is 12.9 Å². The first-order valence-corrected chi connectivity index (χ1v) is 6.03. The SMILES string of the molecule is COC(OC)C(C)Nc1ccc2c(c1)NC(=O)CO2. The van der Waals surface area contributed by atoms with Gasteiger partial charge in [-0.2, -0.15) is 0 Å². The van der Waals surface area contributed by atoms with Gasteiger partial charge in [0.1, 0.15) is 5.75 Å². The van der Waals surface area contributed by atoms with Crippen molar-refractivity contribution in [3.05, 3.63) is 18.2 Å². The Morgan fingerprint density at radius 3 is 2.79 bits per heavy atom. The van der Waals surface area contributed by atoms with Crippen molar-refractivity contribution in [2.45, 2.75) is 19.3 Å². The first-order valence-electron chi connectivity index (χ1n) is 6.03. The zero-order valence-corrected chi connectivity index (χ0v) is 11.2. The van der Waals surface area contributed by atoms with E-state index < -0.39 is 0 Å². The van der Waals surface area contributed by atoms with E-state index in [9.17, 15) is 4.79 Å². The minimum absolute atomic E-state index is 0.0340. The van der Waals surface area contributed by atoms with E-state index in [0.717, 1.165) is 5.69 Å². The Morgan fingerprint density at radius 1 is 1.37 bits per heavy atom. The van der Waals surface area contributed by atoms with Gasteiger partial charge in [-0.15, -0.1) is 0 Å². The summed E-state index contributed by atoms with van der Waals surface area (Å²) in [6, 6.07) is 5.49. The van der Waals surface area contributed by atoms with Crippen LogP contribution in [0.4, 0.5) is 11.4 Å². The molecule has 0 bridgehead atoms. The minimum atomic E-state index is -0.345. The highest BCUT2D eigenvalue weighted by molar-refractivity contribution is 5.96. The highest BCUT2D eigenvalue weighted by Gasteiger charge is 2.18. The van der Waals surface area contributed by atoms with E-state index >= 15 is 0 Å². The third-order valence-electron chi connectivity index (χ3n) is 2.88. The Bertz CT molecular complexity index is 460. The van der Waals surface area contributed by atoms with Crippen LogP contribution in [0.1, 0.15) is 6.92 Å². The monoisotopic (exact) mass is 266 g/mol. The van der Waals surface area contributed by atoms with E-state index in [0.29, 0.717) is 11.4 Å². The first kappa shape index (κ1) is 13.6. The zero-order valence-electron chi connectivity index (χ0n) is 11.2. The van der Waals surface area contributed by atoms with Crippen LogP contribution in [0.2, 0.25) is 0 Å². The quantitative estimate of drug-likeness (QED) is 0.789. The Kier molecular flexibility index (Phi) is 4.24. The lowest BCUT2D eigenvalue weighted by Crippen LogP contribution is -2.33. The summed E-state index contributed by atoms with van der Waals surface area (Å²) >= 11 is 0. The molecule has 1 atom stereocenters. The largest absolute Gasteiger partial charge is 0.482 e. The lowest BCUT2D eigenvalue weighted by Gasteiger charge is -2.24. The van der Waals surface area contributed by atoms with E-state index in [1.807, 2.05) is 25.1 Å². The smallest absolute Gasteiger partial charge is 0.262 e. The maximum Gasteiger partial charge on any atom is 0.262 e. The van der Waals surface area contributed by atoms with Crippen molar-refractivity contribution in [3.8, 4) is 5.75 Å². The summed E-state index contributed by atoms with van der Waals surface area (Å²) in [5.74, 6) is 0.525. The highest BCUT2D eigenvalue weighted by atomic mass is 16.7. The topological polar surface area (TPSA) is 68.8 Å². The van der Waals surface area contributed by atoms with Crippen LogP contribution in [-0.2, 0) is 14.3 Å². The maximum absolute atomic E-state index is 11.3. The third-order valence-corrected chi connectivity index (χ3v) is 2.88. The van der Waals surface area contributed by atoms with Crippen molar-refractivity contribution in [1.29, 1.82) is 0 Å². The van der Waals surface area contributed by atoms with Gasteiger partial charge < -0.3 is 24.8 Å². The van der Waals surface area contributed by atoms with Crippen molar-refractivity contribution in [1.82, 2.24) is 0 Å². The van der Waals surface area contributed by atoms with Crippen molar-refractivity contribution in [3.63, 3.8) is 0 Å². The number of rotatable bonds is 5. The molecule has 2 rings (SSSR count). The zero-order chi connectivity index (χ0) is 13.8. The molecule has 104 valence electrons. The maximum atomic E-state index is 11.3. The van der Waals surface area contributed by atoms with Crippen LogP contribution in [0, 0.1) is 0 Å². The van der Waals surface area contributed by atoms with Crippen LogP contribution in [-0.4, -0.2) is 39.1 Å². The van der Waals surface area contributed by atoms with E-state index in [1.54, 1.807) is 14.2 Å². The number of nitrogens with one attached hydrogen (secondary N) is 2. The fraction of sp³-hybridized carbons (Fsp3) is 0.462. The summed E-state index contributed by atoms with van der Waals surface area (Å²) in [7, 11) is 3.18. The molecule has 0 spiro atoms. The molecule has 0 aliphatic carbocycles. The molecule has 0 aromatic heterocycles. The number of amides is 1. The number of anilines is 2. The number of carbonyl (C=O) groups is 1. The lowest BCUT2D eigenvalue weighted by atomic mass is 10.2. The first-order chi connectivity index (χ1) is 9.13. The van der Waals surface area contributed by atoms with Crippen LogP contribution >= 0.6 is 0 Å². The molecule has 2 N–H and O–H groups in total. The lowest BCUT2D eigenvalue weighted by molar-refractivity contribution is -0.118. The molecule has 6 nitrogen and oxygen atoms in total. The normalized spacial score (nSPS) is 15.5. The number of ether oxygens (including phenoxy) is 3. The molecule has 0 saturated carbocycles. The molecule has 19 heavy (non-hydrogen) atoms. The third kappa shape index (κ3) is 3.15. The van der Waals surface area contributed by atoms with Gasteiger partial charge in [0.2, 0.25) is 0 Å². The summed E-state index contributed by atoms with van der Waals surface area (Å²) in [6.45, 7) is 2.01. The summed E-state index contributed by atoms with van der Waals surface area (Å²) < 4.78 is 15.7. The van der Waals surface area contributed by atoms with Crippen molar-refractivity contribution < 1.29 is 19.0 Å².